The second-order valence-corrected chi connectivity index (χ2v) is 5.72. The lowest BCUT2D eigenvalue weighted by Gasteiger charge is -2.10. The first-order valence-corrected chi connectivity index (χ1v) is 8.34. The van der Waals surface area contributed by atoms with Crippen molar-refractivity contribution in [2.45, 2.75) is 6.92 Å². The van der Waals surface area contributed by atoms with Crippen LogP contribution in [0.2, 0.25) is 10.0 Å². The molecule has 9 nitrogen and oxygen atoms in total. The first-order chi connectivity index (χ1) is 12.9. The van der Waals surface area contributed by atoms with E-state index in [4.69, 9.17) is 32.7 Å². The van der Waals surface area contributed by atoms with E-state index >= 15 is 0 Å². The molecule has 11 heteroatoms. The Morgan fingerprint density at radius 1 is 1.41 bits per heavy atom. The normalized spacial score (nSPS) is 10.6. The van der Waals surface area contributed by atoms with Gasteiger partial charge in [0.2, 0.25) is 5.82 Å². The van der Waals surface area contributed by atoms with Crippen LogP contribution in [-0.2, 0) is 9.53 Å². The van der Waals surface area contributed by atoms with Crippen LogP contribution in [-0.4, -0.2) is 35.3 Å². The number of pyridine rings is 1. The molecule has 0 aliphatic rings. The zero-order chi connectivity index (χ0) is 19.8. The van der Waals surface area contributed by atoms with Crippen molar-refractivity contribution in [2.24, 2.45) is 5.10 Å². The second-order valence-electron chi connectivity index (χ2n) is 4.91. The van der Waals surface area contributed by atoms with Crippen LogP contribution >= 0.6 is 23.2 Å². The van der Waals surface area contributed by atoms with Gasteiger partial charge in [0, 0.05) is 12.3 Å². The highest BCUT2D eigenvalue weighted by atomic mass is 35.5. The lowest BCUT2D eigenvalue weighted by Crippen LogP contribution is -2.15. The second kappa shape index (κ2) is 9.70. The summed E-state index contributed by atoms with van der Waals surface area (Å²) in [6, 6.07) is 5.76. The number of hydrazone groups is 1. The Hall–Kier alpha value is -2.91. The number of nitrogens with zero attached hydrogens (tertiary/aromatic N) is 3. The minimum Gasteiger partial charge on any atom is -0.479 e. The van der Waals surface area contributed by atoms with Crippen LogP contribution in [0.5, 0.6) is 5.75 Å². The lowest BCUT2D eigenvalue weighted by atomic mass is 10.2. The molecule has 2 aromatic rings. The summed E-state index contributed by atoms with van der Waals surface area (Å²) in [5.74, 6) is -0.418. The molecule has 0 amide bonds. The van der Waals surface area contributed by atoms with Gasteiger partial charge in [-0.1, -0.05) is 23.2 Å². The number of nitro groups is 1. The molecule has 0 aliphatic heterocycles. The summed E-state index contributed by atoms with van der Waals surface area (Å²) in [7, 11) is 0. The van der Waals surface area contributed by atoms with Crippen molar-refractivity contribution in [1.29, 1.82) is 0 Å². The lowest BCUT2D eigenvalue weighted by molar-refractivity contribution is -0.384. The van der Waals surface area contributed by atoms with Gasteiger partial charge < -0.3 is 9.47 Å². The summed E-state index contributed by atoms with van der Waals surface area (Å²) in [5.41, 5.74) is 2.77. The topological polar surface area (TPSA) is 116 Å². The van der Waals surface area contributed by atoms with Crippen LogP contribution in [0.25, 0.3) is 0 Å². The number of carbonyl (C=O) groups is 1. The molecule has 1 aromatic carbocycles. The Kier molecular flexibility index (Phi) is 7.33. The number of nitrogens with one attached hydrogen (secondary N) is 1. The van der Waals surface area contributed by atoms with E-state index < -0.39 is 10.9 Å². The van der Waals surface area contributed by atoms with Crippen LogP contribution in [0.3, 0.4) is 0 Å². The van der Waals surface area contributed by atoms with E-state index in [1.165, 1.54) is 36.7 Å². The average Bonchev–Trinajstić information content (AvgIpc) is 2.61. The molecule has 0 saturated heterocycles. The number of hydrogen-bond acceptors (Lipinski definition) is 8. The number of aromatic nitrogens is 1. The van der Waals surface area contributed by atoms with E-state index in [2.05, 4.69) is 15.5 Å². The van der Waals surface area contributed by atoms with Crippen molar-refractivity contribution in [3.8, 4) is 5.75 Å². The van der Waals surface area contributed by atoms with Gasteiger partial charge in [-0.25, -0.2) is 9.78 Å². The maximum absolute atomic E-state index is 11.3. The third-order valence-corrected chi connectivity index (χ3v) is 3.59. The molecule has 0 fully saturated rings. The van der Waals surface area contributed by atoms with E-state index in [0.29, 0.717) is 5.56 Å². The van der Waals surface area contributed by atoms with Gasteiger partial charge in [0.15, 0.2) is 12.4 Å². The van der Waals surface area contributed by atoms with Crippen LogP contribution in [0.15, 0.2) is 35.6 Å². The highest BCUT2D eigenvalue weighted by Gasteiger charge is 2.14. The highest BCUT2D eigenvalue weighted by molar-refractivity contribution is 6.37. The maximum Gasteiger partial charge on any atom is 0.344 e. The van der Waals surface area contributed by atoms with Gasteiger partial charge in [-0.2, -0.15) is 5.10 Å². The predicted molar refractivity (Wildman–Crippen MR) is 101 cm³/mol. The molecule has 0 atom stereocenters. The first kappa shape index (κ1) is 20.4. The van der Waals surface area contributed by atoms with E-state index in [-0.39, 0.29) is 40.5 Å². The molecule has 0 saturated carbocycles. The Morgan fingerprint density at radius 3 is 2.74 bits per heavy atom. The highest BCUT2D eigenvalue weighted by Crippen LogP contribution is 2.34. The minimum atomic E-state index is -0.575. The molecular formula is C16H14Cl2N4O5. The van der Waals surface area contributed by atoms with Crippen LogP contribution in [0.1, 0.15) is 12.5 Å². The summed E-state index contributed by atoms with van der Waals surface area (Å²) in [5, 5.41) is 15.1. The smallest absolute Gasteiger partial charge is 0.344 e. The monoisotopic (exact) mass is 412 g/mol. The average molecular weight is 413 g/mol. The molecule has 1 heterocycles. The molecule has 0 spiro atoms. The first-order valence-electron chi connectivity index (χ1n) is 7.58. The van der Waals surface area contributed by atoms with Crippen molar-refractivity contribution in [3.63, 3.8) is 0 Å². The van der Waals surface area contributed by atoms with Crippen LogP contribution in [0.4, 0.5) is 11.5 Å². The maximum atomic E-state index is 11.3. The van der Waals surface area contributed by atoms with Gasteiger partial charge in [-0.3, -0.25) is 15.5 Å². The van der Waals surface area contributed by atoms with E-state index in [1.807, 2.05) is 0 Å². The molecule has 0 radical (unpaired) electrons. The number of hydrogen-bond donors (Lipinski definition) is 1. The summed E-state index contributed by atoms with van der Waals surface area (Å²) in [6.45, 7) is 1.59. The van der Waals surface area contributed by atoms with Gasteiger partial charge in [-0.05, 0) is 30.7 Å². The van der Waals surface area contributed by atoms with Crippen LogP contribution < -0.4 is 10.2 Å². The standard InChI is InChI=1S/C16H14Cl2N4O5/c1-2-26-14(23)9-27-15-11(17)6-10(7-12(15)18)8-20-21-16-13(22(24)25)4-3-5-19-16/h3-8H,2,9H2,1H3,(H,19,21)/b20-8-. The van der Waals surface area contributed by atoms with Gasteiger partial charge in [0.1, 0.15) is 0 Å². The van der Waals surface area contributed by atoms with Crippen LogP contribution in [0, 0.1) is 10.1 Å². The molecule has 142 valence electrons. The van der Waals surface area contributed by atoms with E-state index in [9.17, 15) is 14.9 Å². The fraction of sp³-hybridized carbons (Fsp3) is 0.188. The zero-order valence-corrected chi connectivity index (χ0v) is 15.5. The summed E-state index contributed by atoms with van der Waals surface area (Å²) >= 11 is 12.2. The quantitative estimate of drug-likeness (QED) is 0.304. The van der Waals surface area contributed by atoms with Crippen molar-refractivity contribution >= 4 is 46.9 Å². The molecule has 0 bridgehead atoms. The van der Waals surface area contributed by atoms with Crippen molar-refractivity contribution in [3.05, 3.63) is 56.2 Å². The third-order valence-electron chi connectivity index (χ3n) is 3.03. The van der Waals surface area contributed by atoms with Crippen molar-refractivity contribution < 1.29 is 19.2 Å². The van der Waals surface area contributed by atoms with E-state index in [1.54, 1.807) is 6.92 Å². The van der Waals surface area contributed by atoms with Crippen molar-refractivity contribution in [1.82, 2.24) is 4.98 Å². The molecule has 1 aromatic heterocycles. The molecule has 2 rings (SSSR count). The predicted octanol–water partition coefficient (Wildman–Crippen LogP) is 3.68. The summed E-state index contributed by atoms with van der Waals surface area (Å²) in [6.07, 6.45) is 2.75. The Bertz CT molecular complexity index is 853. The van der Waals surface area contributed by atoms with Crippen molar-refractivity contribution in [2.75, 3.05) is 18.6 Å². The summed E-state index contributed by atoms with van der Waals surface area (Å²) < 4.78 is 10.0. The number of rotatable bonds is 8. The SMILES string of the molecule is CCOC(=O)COc1c(Cl)cc(/C=N\Nc2ncccc2[N+](=O)[O-])cc1Cl. The Balaban J connectivity index is 2.09. The molecule has 0 aliphatic carbocycles. The number of halogens is 2. The number of carbonyl (C=O) groups excluding carboxylic acids is 1. The summed E-state index contributed by atoms with van der Waals surface area (Å²) in [4.78, 5) is 25.5. The largest absolute Gasteiger partial charge is 0.479 e. The molecule has 27 heavy (non-hydrogen) atoms. The fourth-order valence-corrected chi connectivity index (χ4v) is 2.54. The number of ether oxygens (including phenoxy) is 2. The Morgan fingerprint density at radius 2 is 2.11 bits per heavy atom. The van der Waals surface area contributed by atoms with Gasteiger partial charge in [0.05, 0.1) is 27.8 Å². The van der Waals surface area contributed by atoms with Gasteiger partial charge >= 0.3 is 11.7 Å². The Labute approximate surface area is 164 Å². The minimum absolute atomic E-state index is 0.00895. The molecule has 0 unspecified atom stereocenters. The fourth-order valence-electron chi connectivity index (χ4n) is 1.92. The number of anilines is 1. The van der Waals surface area contributed by atoms with Gasteiger partial charge in [0.25, 0.3) is 0 Å². The number of esters is 1. The van der Waals surface area contributed by atoms with Gasteiger partial charge in [-0.15, -0.1) is 0 Å². The number of benzene rings is 1. The van der Waals surface area contributed by atoms with E-state index in [0.717, 1.165) is 0 Å². The third kappa shape index (κ3) is 5.80. The molecular weight excluding hydrogens is 399 g/mol. The zero-order valence-electron chi connectivity index (χ0n) is 14.0. The molecule has 1 N–H and O–H groups in total.